The number of hydrogen-bond acceptors (Lipinski definition) is 5. The molecule has 29 heavy (non-hydrogen) atoms. The van der Waals surface area contributed by atoms with Crippen LogP contribution in [0.15, 0.2) is 71.1 Å². The molecule has 0 aliphatic carbocycles. The largest absolute Gasteiger partial charge is 0.360 e. The first-order valence-electron chi connectivity index (χ1n) is 8.79. The van der Waals surface area contributed by atoms with Gasteiger partial charge in [0, 0.05) is 11.9 Å². The molecule has 0 fully saturated rings. The fourth-order valence-corrected chi connectivity index (χ4v) is 5.52. The highest BCUT2D eigenvalue weighted by Crippen LogP contribution is 2.39. The predicted molar refractivity (Wildman–Crippen MR) is 113 cm³/mol. The molecule has 2 aromatic carbocycles. The van der Waals surface area contributed by atoms with E-state index in [0.29, 0.717) is 21.8 Å². The zero-order valence-electron chi connectivity index (χ0n) is 15.4. The first-order chi connectivity index (χ1) is 13.9. The molecule has 1 N–H and O–H groups in total. The van der Waals surface area contributed by atoms with Crippen LogP contribution >= 0.6 is 11.3 Å². The molecular weight excluding hydrogens is 411 g/mol. The van der Waals surface area contributed by atoms with Crippen molar-refractivity contribution in [2.75, 3.05) is 9.62 Å². The molecule has 1 aromatic heterocycles. The van der Waals surface area contributed by atoms with Crippen molar-refractivity contribution < 1.29 is 17.6 Å². The van der Waals surface area contributed by atoms with E-state index in [-0.39, 0.29) is 11.4 Å². The molecule has 0 amide bonds. The molecule has 1 aliphatic heterocycles. The Hall–Kier alpha value is -2.97. The zero-order valence-corrected chi connectivity index (χ0v) is 17.1. The number of allylic oxidation sites excluding steroid dienone is 1. The summed E-state index contributed by atoms with van der Waals surface area (Å²) in [5, 5.41) is 4.45. The number of nitrogens with one attached hydrogen (secondary N) is 1. The van der Waals surface area contributed by atoms with E-state index in [0.717, 1.165) is 11.8 Å². The summed E-state index contributed by atoms with van der Waals surface area (Å²) in [6.45, 7) is 1.74. The van der Waals surface area contributed by atoms with Gasteiger partial charge < -0.3 is 5.32 Å². The van der Waals surface area contributed by atoms with E-state index in [1.165, 1.54) is 21.7 Å². The van der Waals surface area contributed by atoms with Gasteiger partial charge in [-0.2, -0.15) is 0 Å². The number of halogens is 1. The Kier molecular flexibility index (Phi) is 4.97. The summed E-state index contributed by atoms with van der Waals surface area (Å²) in [7, 11) is -4.09. The van der Waals surface area contributed by atoms with Gasteiger partial charge in [-0.15, -0.1) is 11.3 Å². The van der Waals surface area contributed by atoms with E-state index >= 15 is 0 Å². The zero-order chi connectivity index (χ0) is 20.6. The third-order valence-electron chi connectivity index (χ3n) is 4.62. The molecule has 0 bridgehead atoms. The summed E-state index contributed by atoms with van der Waals surface area (Å²) in [5.41, 5.74) is 2.01. The Morgan fingerprint density at radius 1 is 1.14 bits per heavy atom. The Bertz CT molecular complexity index is 1220. The minimum atomic E-state index is -4.09. The lowest BCUT2D eigenvalue weighted by Gasteiger charge is -2.29. The molecule has 0 saturated carbocycles. The first-order valence-corrected chi connectivity index (χ1v) is 11.1. The SMILES string of the molecule is Cc1ccc(N/C=C2/C(=O)c3sccc3N(Cc3ccccc3)S2(=O)=O)cc1F. The van der Waals surface area contributed by atoms with E-state index in [4.69, 9.17) is 0 Å². The van der Waals surface area contributed by atoms with E-state index in [1.54, 1.807) is 30.5 Å². The topological polar surface area (TPSA) is 66.5 Å². The number of sulfonamides is 1. The number of aryl methyl sites for hydroxylation is 1. The van der Waals surface area contributed by atoms with Gasteiger partial charge in [0.15, 0.2) is 4.91 Å². The summed E-state index contributed by atoms with van der Waals surface area (Å²) in [6.07, 6.45) is 1.14. The van der Waals surface area contributed by atoms with Crippen molar-refractivity contribution in [1.82, 2.24) is 0 Å². The van der Waals surface area contributed by atoms with Gasteiger partial charge in [-0.3, -0.25) is 9.10 Å². The highest BCUT2D eigenvalue weighted by Gasteiger charge is 2.41. The van der Waals surface area contributed by atoms with Crippen LogP contribution in [0.4, 0.5) is 15.8 Å². The number of fused-ring (bicyclic) bond motifs is 1. The van der Waals surface area contributed by atoms with Crippen molar-refractivity contribution in [3.8, 4) is 0 Å². The number of ketones is 1. The van der Waals surface area contributed by atoms with Gasteiger partial charge in [0.2, 0.25) is 5.78 Å². The molecule has 3 aromatic rings. The second-order valence-electron chi connectivity index (χ2n) is 6.58. The molecule has 0 spiro atoms. The average Bonchev–Trinajstić information content (AvgIpc) is 3.18. The fraction of sp³-hybridized carbons (Fsp3) is 0.0952. The molecule has 5 nitrogen and oxygen atoms in total. The molecule has 8 heteroatoms. The van der Waals surface area contributed by atoms with Crippen LogP contribution in [0.5, 0.6) is 0 Å². The van der Waals surface area contributed by atoms with Crippen molar-refractivity contribution in [2.24, 2.45) is 0 Å². The number of hydrogen-bond donors (Lipinski definition) is 1. The Labute approximate surface area is 172 Å². The maximum absolute atomic E-state index is 13.8. The van der Waals surface area contributed by atoms with E-state index in [1.807, 2.05) is 30.3 Å². The van der Waals surface area contributed by atoms with Crippen LogP contribution in [0.1, 0.15) is 20.8 Å². The number of benzene rings is 2. The standard InChI is InChI=1S/C21H17FN2O3S2/c1-14-7-8-16(11-17(14)22)23-12-19-20(25)21-18(9-10-28-21)24(29(19,26)27)13-15-5-3-2-4-6-15/h2-12,23H,13H2,1H3/b19-12-. The highest BCUT2D eigenvalue weighted by atomic mass is 32.2. The van der Waals surface area contributed by atoms with Crippen LogP contribution < -0.4 is 9.62 Å². The van der Waals surface area contributed by atoms with Gasteiger partial charge in [0.1, 0.15) is 10.7 Å². The molecule has 0 unspecified atom stereocenters. The predicted octanol–water partition coefficient (Wildman–Crippen LogP) is 4.68. The maximum atomic E-state index is 13.8. The second-order valence-corrected chi connectivity index (χ2v) is 9.33. The summed E-state index contributed by atoms with van der Waals surface area (Å²) in [5.74, 6) is -0.989. The smallest absolute Gasteiger partial charge is 0.270 e. The number of thiophene rings is 1. The van der Waals surface area contributed by atoms with Crippen molar-refractivity contribution in [2.45, 2.75) is 13.5 Å². The summed E-state index contributed by atoms with van der Waals surface area (Å²) in [6, 6.07) is 15.3. The number of carbonyl (C=O) groups is 1. The Morgan fingerprint density at radius 2 is 1.90 bits per heavy atom. The van der Waals surface area contributed by atoms with Crippen LogP contribution in [0.3, 0.4) is 0 Å². The van der Waals surface area contributed by atoms with Crippen molar-refractivity contribution in [1.29, 1.82) is 0 Å². The molecule has 2 heterocycles. The minimum Gasteiger partial charge on any atom is -0.360 e. The number of rotatable bonds is 4. The van der Waals surface area contributed by atoms with Gasteiger partial charge >= 0.3 is 0 Å². The van der Waals surface area contributed by atoms with Gasteiger partial charge in [-0.25, -0.2) is 12.8 Å². The van der Waals surface area contributed by atoms with Crippen LogP contribution in [0, 0.1) is 12.7 Å². The van der Waals surface area contributed by atoms with Crippen LogP contribution in [0.2, 0.25) is 0 Å². The van der Waals surface area contributed by atoms with Gasteiger partial charge in [0.25, 0.3) is 10.0 Å². The number of Topliss-reactive ketones (excluding diaryl/α,β-unsaturated/α-hetero) is 1. The lowest BCUT2D eigenvalue weighted by Crippen LogP contribution is -2.38. The van der Waals surface area contributed by atoms with Crippen LogP contribution in [-0.4, -0.2) is 14.2 Å². The van der Waals surface area contributed by atoms with Crippen LogP contribution in [-0.2, 0) is 16.6 Å². The van der Waals surface area contributed by atoms with Gasteiger partial charge in [-0.1, -0.05) is 36.4 Å². The molecular formula is C21H17FN2O3S2. The minimum absolute atomic E-state index is 0.108. The monoisotopic (exact) mass is 428 g/mol. The summed E-state index contributed by atoms with van der Waals surface area (Å²) in [4.78, 5) is 12.8. The third-order valence-corrected chi connectivity index (χ3v) is 7.29. The molecule has 0 atom stereocenters. The quantitative estimate of drug-likeness (QED) is 0.613. The third kappa shape index (κ3) is 3.56. The van der Waals surface area contributed by atoms with Crippen molar-refractivity contribution in [3.63, 3.8) is 0 Å². The van der Waals surface area contributed by atoms with Gasteiger partial charge in [0.05, 0.1) is 12.2 Å². The summed E-state index contributed by atoms with van der Waals surface area (Å²) >= 11 is 1.19. The Balaban J connectivity index is 1.74. The maximum Gasteiger partial charge on any atom is 0.270 e. The van der Waals surface area contributed by atoms with E-state index in [9.17, 15) is 17.6 Å². The van der Waals surface area contributed by atoms with Crippen LogP contribution in [0.25, 0.3) is 0 Å². The van der Waals surface area contributed by atoms with Gasteiger partial charge in [-0.05, 0) is 41.6 Å². The lowest BCUT2D eigenvalue weighted by atomic mass is 10.2. The normalized spacial score (nSPS) is 16.7. The van der Waals surface area contributed by atoms with Crippen molar-refractivity contribution >= 4 is 38.5 Å². The van der Waals surface area contributed by atoms with E-state index < -0.39 is 21.6 Å². The Morgan fingerprint density at radius 3 is 2.62 bits per heavy atom. The second kappa shape index (κ2) is 7.46. The fourth-order valence-electron chi connectivity index (χ4n) is 3.04. The lowest BCUT2D eigenvalue weighted by molar-refractivity contribution is 0.104. The van der Waals surface area contributed by atoms with Crippen molar-refractivity contribution in [3.05, 3.63) is 92.9 Å². The molecule has 0 radical (unpaired) electrons. The average molecular weight is 429 g/mol. The molecule has 4 rings (SSSR count). The number of carbonyl (C=O) groups excluding carboxylic acids is 1. The molecule has 0 saturated heterocycles. The molecule has 148 valence electrons. The first kappa shape index (κ1) is 19.4. The number of anilines is 2. The highest BCUT2D eigenvalue weighted by molar-refractivity contribution is 7.97. The number of nitrogens with zero attached hydrogens (tertiary/aromatic N) is 1. The molecule has 1 aliphatic rings. The van der Waals surface area contributed by atoms with E-state index in [2.05, 4.69) is 5.32 Å². The summed E-state index contributed by atoms with van der Waals surface area (Å²) < 4.78 is 41.5.